The van der Waals surface area contributed by atoms with Gasteiger partial charge in [0.25, 0.3) is 0 Å². The van der Waals surface area contributed by atoms with E-state index in [1.165, 1.54) is 4.90 Å². The zero-order valence-corrected chi connectivity index (χ0v) is 14.9. The lowest BCUT2D eigenvalue weighted by Gasteiger charge is -2.29. The van der Waals surface area contributed by atoms with Crippen LogP contribution in [0.4, 0.5) is 4.79 Å². The molecule has 4 N–H and O–H groups in total. The number of amides is 3. The minimum atomic E-state index is -4.83. The zero-order chi connectivity index (χ0) is 19.1. The number of nitrogens with one attached hydrogen (secondary N) is 1. The van der Waals surface area contributed by atoms with Gasteiger partial charge in [0.1, 0.15) is 6.04 Å². The molecule has 12 heteroatoms. The van der Waals surface area contributed by atoms with Crippen LogP contribution in [0.2, 0.25) is 0 Å². The highest BCUT2D eigenvalue weighted by atomic mass is 32.3. The molecule has 0 aromatic heterocycles. The van der Waals surface area contributed by atoms with Crippen molar-refractivity contribution in [1.82, 2.24) is 15.3 Å². The Morgan fingerprint density at radius 2 is 2.00 bits per heavy atom. The standard InChI is InChI=1S/C14H22N4O7S/c15-10-3-1-2-9(10)12(19)6-16-13(20)11-5-4-8-7-17(11)14(21)18(8)25-26(22,23)24/h8-11H,1-7,15H2,(H,16,20)(H,22,23,24)/t8-,9?,10-,11+/m1/s1. The number of fused-ring (bicyclic) bond motifs is 2. The summed E-state index contributed by atoms with van der Waals surface area (Å²) < 4.78 is 34.8. The number of hydrogen-bond acceptors (Lipinski definition) is 7. The Balaban J connectivity index is 1.57. The number of nitrogens with zero attached hydrogens (tertiary/aromatic N) is 2. The third-order valence-electron chi connectivity index (χ3n) is 5.22. The van der Waals surface area contributed by atoms with Crippen LogP contribution in [0.1, 0.15) is 32.1 Å². The average molecular weight is 390 g/mol. The number of hydrogen-bond donors (Lipinski definition) is 3. The average Bonchev–Trinajstić information content (AvgIpc) is 3.09. The Bertz CT molecular complexity index is 712. The van der Waals surface area contributed by atoms with Gasteiger partial charge in [-0.05, 0) is 25.7 Å². The van der Waals surface area contributed by atoms with Gasteiger partial charge in [-0.15, -0.1) is 4.28 Å². The molecule has 0 aromatic carbocycles. The molecule has 3 fully saturated rings. The summed E-state index contributed by atoms with van der Waals surface area (Å²) in [6.45, 7) is -0.0434. The van der Waals surface area contributed by atoms with Gasteiger partial charge in [-0.25, -0.2) is 4.79 Å². The number of urea groups is 1. The molecule has 3 rings (SSSR count). The predicted octanol–water partition coefficient (Wildman–Crippen LogP) is -1.20. The SMILES string of the molecule is N[C@@H]1CCCC1C(=O)CNC(=O)[C@@H]1CC[C@@H]2CN1C(=O)N2OS(=O)(=O)O. The van der Waals surface area contributed by atoms with Crippen LogP contribution in [-0.4, -0.2) is 71.9 Å². The molecular weight excluding hydrogens is 368 g/mol. The molecule has 2 bridgehead atoms. The van der Waals surface area contributed by atoms with E-state index in [-0.39, 0.29) is 30.8 Å². The van der Waals surface area contributed by atoms with Crippen molar-refractivity contribution in [2.24, 2.45) is 11.7 Å². The third-order valence-corrected chi connectivity index (χ3v) is 5.57. The van der Waals surface area contributed by atoms with Crippen LogP contribution in [0.25, 0.3) is 0 Å². The number of carbonyl (C=O) groups excluding carboxylic acids is 3. The van der Waals surface area contributed by atoms with Crippen LogP contribution in [0.15, 0.2) is 0 Å². The van der Waals surface area contributed by atoms with Crippen molar-refractivity contribution in [2.75, 3.05) is 13.1 Å². The first kappa shape index (κ1) is 19.0. The van der Waals surface area contributed by atoms with E-state index in [2.05, 4.69) is 9.60 Å². The summed E-state index contributed by atoms with van der Waals surface area (Å²) in [6, 6.07) is -2.37. The first-order chi connectivity index (χ1) is 12.2. The largest absolute Gasteiger partial charge is 0.418 e. The van der Waals surface area contributed by atoms with Crippen molar-refractivity contribution in [3.63, 3.8) is 0 Å². The fourth-order valence-corrected chi connectivity index (χ4v) is 4.30. The number of carbonyl (C=O) groups is 3. The first-order valence-electron chi connectivity index (χ1n) is 8.50. The quantitative estimate of drug-likeness (QED) is 0.477. The van der Waals surface area contributed by atoms with Crippen molar-refractivity contribution in [3.05, 3.63) is 0 Å². The Morgan fingerprint density at radius 1 is 1.27 bits per heavy atom. The van der Waals surface area contributed by atoms with Gasteiger partial charge in [-0.1, -0.05) is 6.42 Å². The number of hydroxylamine groups is 2. The van der Waals surface area contributed by atoms with Gasteiger partial charge in [0, 0.05) is 18.5 Å². The van der Waals surface area contributed by atoms with E-state index < -0.39 is 34.4 Å². The lowest BCUT2D eigenvalue weighted by molar-refractivity contribution is -0.129. The molecule has 2 heterocycles. The maximum absolute atomic E-state index is 12.4. The molecule has 26 heavy (non-hydrogen) atoms. The Morgan fingerprint density at radius 3 is 2.62 bits per heavy atom. The number of ketones is 1. The molecule has 2 aliphatic heterocycles. The molecule has 0 radical (unpaired) electrons. The minimum absolute atomic E-state index is 0.105. The summed E-state index contributed by atoms with van der Waals surface area (Å²) in [5.74, 6) is -0.857. The van der Waals surface area contributed by atoms with E-state index in [1.54, 1.807) is 0 Å². The van der Waals surface area contributed by atoms with E-state index in [4.69, 9.17) is 10.3 Å². The molecular formula is C14H22N4O7S. The third kappa shape index (κ3) is 3.82. The molecule has 1 saturated carbocycles. The van der Waals surface area contributed by atoms with Gasteiger partial charge in [0.05, 0.1) is 12.6 Å². The van der Waals surface area contributed by atoms with E-state index in [0.717, 1.165) is 12.8 Å². The predicted molar refractivity (Wildman–Crippen MR) is 86.7 cm³/mol. The second-order valence-electron chi connectivity index (χ2n) is 6.90. The summed E-state index contributed by atoms with van der Waals surface area (Å²) in [4.78, 5) is 38.0. The summed E-state index contributed by atoms with van der Waals surface area (Å²) in [6.07, 6.45) is 3.02. The molecule has 3 amide bonds. The number of nitrogens with two attached hydrogens (primary N) is 1. The van der Waals surface area contributed by atoms with Gasteiger partial charge >= 0.3 is 16.4 Å². The van der Waals surface area contributed by atoms with Crippen LogP contribution in [-0.2, 0) is 24.3 Å². The Labute approximate surface area is 150 Å². The molecule has 2 saturated heterocycles. The number of piperidine rings is 1. The fourth-order valence-electron chi connectivity index (χ4n) is 3.92. The van der Waals surface area contributed by atoms with Gasteiger partial charge in [-0.3, -0.25) is 14.1 Å². The summed E-state index contributed by atoms with van der Waals surface area (Å²) in [5, 5.41) is 3.13. The van der Waals surface area contributed by atoms with E-state index in [9.17, 15) is 22.8 Å². The lowest BCUT2D eigenvalue weighted by Crippen LogP contribution is -2.51. The van der Waals surface area contributed by atoms with Crippen LogP contribution >= 0.6 is 0 Å². The number of rotatable bonds is 6. The topological polar surface area (TPSA) is 159 Å². The molecule has 11 nitrogen and oxygen atoms in total. The van der Waals surface area contributed by atoms with Gasteiger partial charge in [0.15, 0.2) is 5.78 Å². The second-order valence-corrected chi connectivity index (χ2v) is 7.90. The first-order valence-corrected chi connectivity index (χ1v) is 9.86. The highest BCUT2D eigenvalue weighted by molar-refractivity contribution is 7.80. The normalized spacial score (nSPS) is 31.4. The maximum atomic E-state index is 12.4. The minimum Gasteiger partial charge on any atom is -0.347 e. The van der Waals surface area contributed by atoms with Crippen LogP contribution in [0.3, 0.4) is 0 Å². The summed E-state index contributed by atoms with van der Waals surface area (Å²) >= 11 is 0. The summed E-state index contributed by atoms with van der Waals surface area (Å²) in [7, 11) is -4.83. The van der Waals surface area contributed by atoms with Crippen molar-refractivity contribution in [2.45, 2.75) is 50.2 Å². The fraction of sp³-hybridized carbons (Fsp3) is 0.786. The van der Waals surface area contributed by atoms with Crippen molar-refractivity contribution >= 4 is 28.1 Å². The van der Waals surface area contributed by atoms with Gasteiger partial charge in [0.2, 0.25) is 5.91 Å². The van der Waals surface area contributed by atoms with Crippen molar-refractivity contribution in [3.8, 4) is 0 Å². The molecule has 1 aliphatic carbocycles. The molecule has 146 valence electrons. The van der Waals surface area contributed by atoms with Crippen LogP contribution in [0.5, 0.6) is 0 Å². The second kappa shape index (κ2) is 7.10. The smallest absolute Gasteiger partial charge is 0.347 e. The van der Waals surface area contributed by atoms with Crippen molar-refractivity contribution < 1.29 is 31.6 Å². The van der Waals surface area contributed by atoms with E-state index in [1.807, 2.05) is 0 Å². The molecule has 0 aromatic rings. The zero-order valence-electron chi connectivity index (χ0n) is 14.0. The van der Waals surface area contributed by atoms with Gasteiger partial charge in [-0.2, -0.15) is 13.5 Å². The molecule has 3 aliphatic rings. The highest BCUT2D eigenvalue weighted by Gasteiger charge is 2.49. The van der Waals surface area contributed by atoms with E-state index in [0.29, 0.717) is 24.3 Å². The van der Waals surface area contributed by atoms with Crippen LogP contribution in [0, 0.1) is 5.92 Å². The Hall–Kier alpha value is -1.76. The summed E-state index contributed by atoms with van der Waals surface area (Å²) in [5.41, 5.74) is 5.89. The van der Waals surface area contributed by atoms with Gasteiger partial charge < -0.3 is 16.0 Å². The molecule has 4 atom stereocenters. The van der Waals surface area contributed by atoms with E-state index >= 15 is 0 Å². The number of Topliss-reactive ketones (excluding diaryl/α,β-unsaturated/α-hetero) is 1. The molecule has 1 unspecified atom stereocenters. The monoisotopic (exact) mass is 390 g/mol. The van der Waals surface area contributed by atoms with Crippen molar-refractivity contribution in [1.29, 1.82) is 0 Å². The lowest BCUT2D eigenvalue weighted by atomic mass is 9.98. The van der Waals surface area contributed by atoms with Crippen LogP contribution < -0.4 is 11.1 Å². The highest BCUT2D eigenvalue weighted by Crippen LogP contribution is 2.30. The Kier molecular flexibility index (Phi) is 5.19. The molecule has 0 spiro atoms. The maximum Gasteiger partial charge on any atom is 0.418 e.